The number of rotatable bonds is 0. The predicted molar refractivity (Wildman–Crippen MR) is 162 cm³/mol. The molecular weight excluding hydrogens is 566 g/mol. The van der Waals surface area contributed by atoms with Gasteiger partial charge in [0.05, 0.1) is 0 Å². The van der Waals surface area contributed by atoms with E-state index in [1.165, 1.54) is 0 Å². The Morgan fingerprint density at radius 3 is 1.17 bits per heavy atom. The Kier molecular flexibility index (Phi) is 4.09. The van der Waals surface area contributed by atoms with Crippen molar-refractivity contribution >= 4 is 74.4 Å². The van der Waals surface area contributed by atoms with Gasteiger partial charge in [0.25, 0.3) is 0 Å². The molecule has 41 heavy (non-hydrogen) atoms. The molecule has 2 aromatic heterocycles. The normalized spacial score (nSPS) is 15.5. The maximum atomic E-state index is 5.27. The summed E-state index contributed by atoms with van der Waals surface area (Å²) in [5, 5.41) is 4.20. The van der Waals surface area contributed by atoms with Crippen molar-refractivity contribution in [3.8, 4) is 0 Å². The molecule has 4 aliphatic heterocycles. The molecule has 0 radical (unpaired) electrons. The second kappa shape index (κ2) is 7.75. The zero-order chi connectivity index (χ0) is 26.7. The molecule has 0 unspecified atom stereocenters. The van der Waals surface area contributed by atoms with Crippen LogP contribution in [0.3, 0.4) is 0 Å². The third-order valence-electron chi connectivity index (χ3n) is 8.21. The van der Waals surface area contributed by atoms with Crippen LogP contribution < -0.4 is 11.0 Å². The Labute approximate surface area is 240 Å². The number of aliphatic imine (C=N–C) groups is 4. The minimum absolute atomic E-state index is 0.679. The predicted octanol–water partition coefficient (Wildman–Crippen LogP) is 4.20. The molecule has 0 N–H and O–H groups in total. The summed E-state index contributed by atoms with van der Waals surface area (Å²) in [6, 6.07) is 33.2. The average molecular weight is 583 g/mol. The van der Waals surface area contributed by atoms with E-state index in [1.54, 1.807) is 0 Å². The molecule has 188 valence electrons. The Morgan fingerprint density at radius 1 is 0.366 bits per heavy atom. The van der Waals surface area contributed by atoms with E-state index in [1.807, 2.05) is 24.3 Å². The molecule has 0 saturated heterocycles. The molecular formula is C32H17GaN8. The van der Waals surface area contributed by atoms with E-state index >= 15 is 0 Å². The van der Waals surface area contributed by atoms with Crippen LogP contribution in [-0.2, 0) is 0 Å². The fraction of sp³-hybridized carbons (Fsp3) is 0. The van der Waals surface area contributed by atoms with Crippen molar-refractivity contribution in [1.82, 2.24) is 6.55 Å². The van der Waals surface area contributed by atoms with Crippen LogP contribution in [0.2, 0.25) is 0 Å². The van der Waals surface area contributed by atoms with Crippen LogP contribution in [0.1, 0.15) is 22.3 Å². The van der Waals surface area contributed by atoms with Crippen LogP contribution in [0.5, 0.6) is 0 Å². The number of nitrogens with zero attached hydrogens (tertiary/aromatic N) is 8. The Morgan fingerprint density at radius 2 is 0.732 bits per heavy atom. The van der Waals surface area contributed by atoms with Gasteiger partial charge in [0.1, 0.15) is 0 Å². The third kappa shape index (κ3) is 2.86. The van der Waals surface area contributed by atoms with E-state index in [4.69, 9.17) is 30.0 Å². The molecule has 9 heteroatoms. The van der Waals surface area contributed by atoms with E-state index in [2.05, 4.69) is 79.3 Å². The van der Waals surface area contributed by atoms with Crippen LogP contribution in [-0.4, -0.2) is 47.8 Å². The average Bonchev–Trinajstić information content (AvgIpc) is 3.72. The van der Waals surface area contributed by atoms with E-state index in [9.17, 15) is 0 Å². The molecule has 6 heterocycles. The van der Waals surface area contributed by atoms with Crippen LogP contribution in [0.15, 0.2) is 127 Å². The summed E-state index contributed by atoms with van der Waals surface area (Å²) in [6.45, 7) is 0. The van der Waals surface area contributed by atoms with Gasteiger partial charge in [0.2, 0.25) is 0 Å². The van der Waals surface area contributed by atoms with E-state index in [0.29, 0.717) is 23.3 Å². The number of benzene rings is 4. The summed E-state index contributed by atoms with van der Waals surface area (Å²) < 4.78 is 4.69. The number of amidine groups is 4. The molecule has 0 amide bonds. The van der Waals surface area contributed by atoms with Crippen LogP contribution in [0.25, 0.3) is 21.5 Å². The second-order valence-corrected chi connectivity index (χ2v) is 13.7. The molecule has 0 fully saturated rings. The molecule has 0 saturated carbocycles. The first-order valence-electron chi connectivity index (χ1n) is 13.5. The molecule has 0 spiro atoms. The van der Waals surface area contributed by atoms with E-state index in [0.717, 1.165) is 66.4 Å². The summed E-state index contributed by atoms with van der Waals surface area (Å²) >= 11 is -1.97. The SMILES string of the molecule is c1ccc2c(c1)C1=NC2=Nc2c3ccccc3c3[n]2[GaH][n]2c(c4ccccc4c2=NC2=NC(=N3)c3ccccc32)=N1. The molecule has 6 bridgehead atoms. The van der Waals surface area contributed by atoms with Gasteiger partial charge in [-0.15, -0.1) is 0 Å². The van der Waals surface area contributed by atoms with Gasteiger partial charge >= 0.3 is 241 Å². The topological polar surface area (TPSA) is 84.0 Å². The van der Waals surface area contributed by atoms with Crippen LogP contribution >= 0.6 is 0 Å². The molecule has 0 atom stereocenters. The van der Waals surface area contributed by atoms with E-state index in [-0.39, 0.29) is 0 Å². The van der Waals surface area contributed by atoms with Gasteiger partial charge in [0.15, 0.2) is 0 Å². The maximum absolute atomic E-state index is 5.27. The molecule has 4 aliphatic rings. The van der Waals surface area contributed by atoms with Crippen LogP contribution in [0, 0.1) is 0 Å². The molecule has 8 nitrogen and oxygen atoms in total. The first-order chi connectivity index (χ1) is 20.3. The monoisotopic (exact) mass is 582 g/mol. The number of aromatic nitrogens is 2. The molecule has 6 aromatic rings. The van der Waals surface area contributed by atoms with Gasteiger partial charge in [-0.3, -0.25) is 0 Å². The van der Waals surface area contributed by atoms with Crippen molar-refractivity contribution in [3.05, 3.63) is 130 Å². The van der Waals surface area contributed by atoms with Crippen molar-refractivity contribution in [2.75, 3.05) is 0 Å². The summed E-state index contributed by atoms with van der Waals surface area (Å²) in [6.07, 6.45) is 0. The summed E-state index contributed by atoms with van der Waals surface area (Å²) in [4.78, 5) is 31.1. The zero-order valence-electron chi connectivity index (χ0n) is 21.5. The first-order valence-corrected chi connectivity index (χ1v) is 16.2. The fourth-order valence-corrected chi connectivity index (χ4v) is 10.1. The molecule has 0 aliphatic carbocycles. The van der Waals surface area contributed by atoms with Crippen molar-refractivity contribution in [1.29, 1.82) is 0 Å². The van der Waals surface area contributed by atoms with Crippen molar-refractivity contribution in [2.45, 2.75) is 0 Å². The summed E-state index contributed by atoms with van der Waals surface area (Å²) in [5.74, 6) is 4.47. The van der Waals surface area contributed by atoms with Crippen LogP contribution in [0.4, 0.5) is 11.6 Å². The number of fused-ring (bicyclic) bond motifs is 14. The second-order valence-electron chi connectivity index (χ2n) is 10.4. The Hall–Kier alpha value is -5.12. The Bertz CT molecular complexity index is 2290. The van der Waals surface area contributed by atoms with Gasteiger partial charge in [0, 0.05) is 0 Å². The third-order valence-corrected chi connectivity index (χ3v) is 11.9. The van der Waals surface area contributed by atoms with Gasteiger partial charge < -0.3 is 0 Å². The van der Waals surface area contributed by atoms with E-state index < -0.39 is 17.9 Å². The first kappa shape index (κ1) is 21.7. The van der Waals surface area contributed by atoms with Crippen molar-refractivity contribution < 1.29 is 0 Å². The quantitative estimate of drug-likeness (QED) is 0.240. The standard InChI is InChI=1S/C32H16N8.Ga.H/c1-2-10-18-17(9-1)25-33-26(18)38-28-21-13-5-6-14-22(21)30(35-28)40-32-24-16-8-7-15-23(24)31(36-32)39-29-20-12-4-3-11-19(20)27(34-29)37-25;;/h1-16H;;/q-2;+2;. The summed E-state index contributed by atoms with van der Waals surface area (Å²) in [5.41, 5.74) is 5.70. The molecule has 10 rings (SSSR count). The fourth-order valence-electron chi connectivity index (χ4n) is 6.35. The van der Waals surface area contributed by atoms with Gasteiger partial charge in [-0.1, -0.05) is 0 Å². The minimum atomic E-state index is -1.97. The van der Waals surface area contributed by atoms with Gasteiger partial charge in [-0.25, -0.2) is 0 Å². The van der Waals surface area contributed by atoms with Gasteiger partial charge in [-0.05, 0) is 0 Å². The zero-order valence-corrected chi connectivity index (χ0v) is 24.5. The number of hydrogen-bond acceptors (Lipinski definition) is 6. The summed E-state index contributed by atoms with van der Waals surface area (Å²) in [7, 11) is 0. The van der Waals surface area contributed by atoms with Crippen molar-refractivity contribution in [2.24, 2.45) is 30.0 Å². The molecule has 4 aromatic carbocycles. The Balaban J connectivity index is 1.48. The van der Waals surface area contributed by atoms with Gasteiger partial charge in [-0.2, -0.15) is 0 Å². The van der Waals surface area contributed by atoms with Crippen molar-refractivity contribution in [3.63, 3.8) is 0 Å². The number of hydrogen-bond donors (Lipinski definition) is 0.